The Hall–Kier alpha value is -1.84. The van der Waals surface area contributed by atoms with Gasteiger partial charge in [-0.3, -0.25) is 4.98 Å². The Kier molecular flexibility index (Phi) is 4.99. The van der Waals surface area contributed by atoms with E-state index in [-0.39, 0.29) is 11.6 Å². The highest BCUT2D eigenvalue weighted by Crippen LogP contribution is 2.30. The van der Waals surface area contributed by atoms with E-state index in [0.29, 0.717) is 18.0 Å². The maximum atomic E-state index is 14.0. The summed E-state index contributed by atoms with van der Waals surface area (Å²) in [4.78, 5) is 4.58. The molecular weight excluding hydrogens is 267 g/mol. The summed E-state index contributed by atoms with van der Waals surface area (Å²) in [5.41, 5.74) is 2.64. The molecule has 0 saturated heterocycles. The van der Waals surface area contributed by atoms with Crippen molar-refractivity contribution in [2.24, 2.45) is 5.92 Å². The van der Waals surface area contributed by atoms with Crippen molar-refractivity contribution < 1.29 is 9.13 Å². The summed E-state index contributed by atoms with van der Waals surface area (Å²) in [7, 11) is 0. The number of halogens is 1. The third-order valence-electron chi connectivity index (χ3n) is 3.20. The molecule has 0 fully saturated rings. The van der Waals surface area contributed by atoms with E-state index in [1.54, 1.807) is 6.07 Å². The minimum Gasteiger partial charge on any atom is -0.491 e. The average molecular weight is 290 g/mol. The minimum absolute atomic E-state index is 0.280. The third kappa shape index (κ3) is 3.63. The van der Waals surface area contributed by atoms with Crippen LogP contribution in [0.4, 0.5) is 10.1 Å². The first-order valence-corrected chi connectivity index (χ1v) is 7.55. The number of nitrogens with zero attached hydrogens (tertiary/aromatic N) is 1. The molecule has 0 bridgehead atoms. The number of hydrogen-bond acceptors (Lipinski definition) is 3. The molecule has 0 spiro atoms. The van der Waals surface area contributed by atoms with Gasteiger partial charge in [0, 0.05) is 29.4 Å². The topological polar surface area (TPSA) is 34.2 Å². The van der Waals surface area contributed by atoms with Crippen molar-refractivity contribution in [3.63, 3.8) is 0 Å². The lowest BCUT2D eigenvalue weighted by molar-refractivity contribution is 0.322. The van der Waals surface area contributed by atoms with Crippen molar-refractivity contribution in [2.75, 3.05) is 18.5 Å². The smallest absolute Gasteiger partial charge is 0.167 e. The van der Waals surface area contributed by atoms with Crippen molar-refractivity contribution in [3.8, 4) is 5.75 Å². The summed E-state index contributed by atoms with van der Waals surface area (Å²) in [6.07, 6.45) is 0.878. The van der Waals surface area contributed by atoms with Crippen LogP contribution >= 0.6 is 0 Å². The maximum absolute atomic E-state index is 14.0. The number of rotatable bonds is 6. The molecule has 0 aliphatic heterocycles. The number of ether oxygens (including phenoxy) is 1. The fourth-order valence-electron chi connectivity index (χ4n) is 2.41. The molecule has 0 radical (unpaired) electrons. The highest BCUT2D eigenvalue weighted by molar-refractivity contribution is 5.92. The van der Waals surface area contributed by atoms with Crippen LogP contribution in [0.15, 0.2) is 18.2 Å². The van der Waals surface area contributed by atoms with E-state index in [4.69, 9.17) is 4.74 Å². The molecule has 1 heterocycles. The van der Waals surface area contributed by atoms with Gasteiger partial charge in [0.2, 0.25) is 0 Å². The Morgan fingerprint density at radius 3 is 2.62 bits per heavy atom. The molecule has 114 valence electrons. The maximum Gasteiger partial charge on any atom is 0.167 e. The number of aromatic nitrogens is 1. The Bertz CT molecular complexity index is 626. The van der Waals surface area contributed by atoms with Gasteiger partial charge in [-0.1, -0.05) is 13.8 Å². The van der Waals surface area contributed by atoms with Gasteiger partial charge in [-0.05, 0) is 38.3 Å². The normalized spacial score (nSPS) is 11.1. The monoisotopic (exact) mass is 290 g/mol. The van der Waals surface area contributed by atoms with E-state index in [1.165, 1.54) is 6.07 Å². The molecule has 1 aromatic carbocycles. The molecule has 0 saturated carbocycles. The second-order valence-corrected chi connectivity index (χ2v) is 5.52. The van der Waals surface area contributed by atoms with Crippen LogP contribution in [0.3, 0.4) is 0 Å². The van der Waals surface area contributed by atoms with Gasteiger partial charge in [-0.2, -0.15) is 0 Å². The van der Waals surface area contributed by atoms with Crippen molar-refractivity contribution in [1.29, 1.82) is 0 Å². The zero-order chi connectivity index (χ0) is 15.4. The van der Waals surface area contributed by atoms with Crippen LogP contribution in [-0.2, 0) is 6.42 Å². The Balaban J connectivity index is 2.58. The Morgan fingerprint density at radius 2 is 2.00 bits per heavy atom. The van der Waals surface area contributed by atoms with Gasteiger partial charge in [-0.15, -0.1) is 0 Å². The molecule has 0 atom stereocenters. The highest BCUT2D eigenvalue weighted by atomic mass is 19.1. The van der Waals surface area contributed by atoms with Crippen LogP contribution in [0.25, 0.3) is 10.9 Å². The van der Waals surface area contributed by atoms with Gasteiger partial charge in [0.05, 0.1) is 12.1 Å². The van der Waals surface area contributed by atoms with Crippen LogP contribution in [0, 0.1) is 11.7 Å². The number of nitrogens with one attached hydrogen (secondary N) is 1. The summed E-state index contributed by atoms with van der Waals surface area (Å²) in [6, 6.07) is 5.25. The molecular formula is C17H23FN2O. The van der Waals surface area contributed by atoms with Gasteiger partial charge in [0.1, 0.15) is 0 Å². The van der Waals surface area contributed by atoms with Crippen molar-refractivity contribution in [2.45, 2.75) is 34.1 Å². The summed E-state index contributed by atoms with van der Waals surface area (Å²) in [6.45, 7) is 9.44. The molecule has 0 aliphatic carbocycles. The fourth-order valence-corrected chi connectivity index (χ4v) is 2.41. The third-order valence-corrected chi connectivity index (χ3v) is 3.20. The lowest BCUT2D eigenvalue weighted by atomic mass is 10.0. The Labute approximate surface area is 125 Å². The molecule has 2 aromatic rings. The summed E-state index contributed by atoms with van der Waals surface area (Å²) < 4.78 is 19.4. The van der Waals surface area contributed by atoms with Crippen molar-refractivity contribution in [1.82, 2.24) is 4.98 Å². The lowest BCUT2D eigenvalue weighted by Gasteiger charge is -2.13. The van der Waals surface area contributed by atoms with Gasteiger partial charge >= 0.3 is 0 Å². The number of fused-ring (bicyclic) bond motifs is 1. The summed E-state index contributed by atoms with van der Waals surface area (Å²) in [5, 5.41) is 4.23. The number of hydrogen-bond donors (Lipinski definition) is 1. The molecule has 0 aliphatic rings. The first-order valence-electron chi connectivity index (χ1n) is 7.55. The summed E-state index contributed by atoms with van der Waals surface area (Å²) in [5.74, 6) is 0.431. The zero-order valence-electron chi connectivity index (χ0n) is 13.2. The fraction of sp³-hybridized carbons (Fsp3) is 0.471. The molecule has 4 heteroatoms. The molecule has 0 unspecified atom stereocenters. The standard InChI is InChI=1S/C17H23FN2O/c1-5-19-15-8-12(7-11(3)4)20-16-10-14(18)17(21-6-2)9-13(15)16/h8-11H,5-7H2,1-4H3,(H,19,20). The van der Waals surface area contributed by atoms with Crippen LogP contribution in [0.2, 0.25) is 0 Å². The molecule has 21 heavy (non-hydrogen) atoms. The van der Waals surface area contributed by atoms with Gasteiger partial charge in [0.15, 0.2) is 11.6 Å². The number of benzene rings is 1. The second-order valence-electron chi connectivity index (χ2n) is 5.52. The minimum atomic E-state index is -0.360. The quantitative estimate of drug-likeness (QED) is 0.856. The van der Waals surface area contributed by atoms with Crippen molar-refractivity contribution >= 4 is 16.6 Å². The van der Waals surface area contributed by atoms with E-state index in [0.717, 1.165) is 29.7 Å². The van der Waals surface area contributed by atoms with E-state index < -0.39 is 0 Å². The largest absolute Gasteiger partial charge is 0.491 e. The molecule has 3 nitrogen and oxygen atoms in total. The molecule has 1 aromatic heterocycles. The van der Waals surface area contributed by atoms with Gasteiger partial charge < -0.3 is 10.1 Å². The first kappa shape index (κ1) is 15.5. The molecule has 1 N–H and O–H groups in total. The van der Waals surface area contributed by atoms with E-state index in [2.05, 4.69) is 30.2 Å². The summed E-state index contributed by atoms with van der Waals surface area (Å²) >= 11 is 0. The van der Waals surface area contributed by atoms with Crippen LogP contribution < -0.4 is 10.1 Å². The predicted octanol–water partition coefficient (Wildman–Crippen LogP) is 4.40. The van der Waals surface area contributed by atoms with Gasteiger partial charge in [0.25, 0.3) is 0 Å². The highest BCUT2D eigenvalue weighted by Gasteiger charge is 2.12. The van der Waals surface area contributed by atoms with Crippen LogP contribution in [0.5, 0.6) is 5.75 Å². The van der Waals surface area contributed by atoms with E-state index in [9.17, 15) is 4.39 Å². The number of pyridine rings is 1. The second kappa shape index (κ2) is 6.74. The lowest BCUT2D eigenvalue weighted by Crippen LogP contribution is -2.04. The predicted molar refractivity (Wildman–Crippen MR) is 85.6 cm³/mol. The van der Waals surface area contributed by atoms with Crippen LogP contribution in [-0.4, -0.2) is 18.1 Å². The number of anilines is 1. The van der Waals surface area contributed by atoms with Crippen LogP contribution in [0.1, 0.15) is 33.4 Å². The zero-order valence-corrected chi connectivity index (χ0v) is 13.2. The molecule has 2 rings (SSSR count). The van der Waals surface area contributed by atoms with Crippen molar-refractivity contribution in [3.05, 3.63) is 29.7 Å². The van der Waals surface area contributed by atoms with E-state index >= 15 is 0 Å². The SMILES string of the molecule is CCNc1cc(CC(C)C)nc2cc(F)c(OCC)cc12. The van der Waals surface area contributed by atoms with Gasteiger partial charge in [-0.25, -0.2) is 4.39 Å². The van der Waals surface area contributed by atoms with E-state index in [1.807, 2.05) is 13.8 Å². The Morgan fingerprint density at radius 1 is 1.24 bits per heavy atom. The average Bonchev–Trinajstić information content (AvgIpc) is 2.40. The first-order chi connectivity index (χ1) is 10.0. The molecule has 0 amide bonds.